The van der Waals surface area contributed by atoms with E-state index in [4.69, 9.17) is 5.11 Å². The molecule has 1 aliphatic rings. The number of amides is 2. The molecular weight excluding hydrogens is 260 g/mol. The van der Waals surface area contributed by atoms with Crippen molar-refractivity contribution in [3.05, 3.63) is 21.9 Å². The zero-order valence-electron chi connectivity index (χ0n) is 11.0. The van der Waals surface area contributed by atoms with Gasteiger partial charge in [-0.2, -0.15) is 0 Å². The Labute approximate surface area is 117 Å². The van der Waals surface area contributed by atoms with Crippen molar-refractivity contribution in [2.24, 2.45) is 0 Å². The number of aliphatic hydroxyl groups excluding tert-OH is 1. The van der Waals surface area contributed by atoms with E-state index in [0.717, 1.165) is 23.3 Å². The van der Waals surface area contributed by atoms with Crippen LogP contribution >= 0.6 is 11.3 Å². The van der Waals surface area contributed by atoms with Gasteiger partial charge in [0.2, 0.25) is 0 Å². The number of urea groups is 1. The first-order valence-electron chi connectivity index (χ1n) is 6.38. The van der Waals surface area contributed by atoms with Gasteiger partial charge in [-0.3, -0.25) is 0 Å². The molecule has 1 saturated carbocycles. The molecule has 1 aliphatic carbocycles. The van der Waals surface area contributed by atoms with Gasteiger partial charge in [-0.1, -0.05) is 11.8 Å². The second-order valence-electron chi connectivity index (χ2n) is 4.71. The monoisotopic (exact) mass is 278 g/mol. The van der Waals surface area contributed by atoms with Crippen molar-refractivity contribution in [3.8, 4) is 11.8 Å². The number of rotatable bonds is 3. The SMILES string of the molecule is CN(Cc1csc(C#CCO)c1)C(=O)NC1CCC1. The highest BCUT2D eigenvalue weighted by Gasteiger charge is 2.21. The molecule has 1 aromatic heterocycles. The highest BCUT2D eigenvalue weighted by Crippen LogP contribution is 2.19. The number of hydrogen-bond donors (Lipinski definition) is 2. The van der Waals surface area contributed by atoms with Gasteiger partial charge in [-0.05, 0) is 36.3 Å². The van der Waals surface area contributed by atoms with E-state index >= 15 is 0 Å². The fourth-order valence-electron chi connectivity index (χ4n) is 1.83. The number of nitrogens with one attached hydrogen (secondary N) is 1. The minimum Gasteiger partial charge on any atom is -0.384 e. The van der Waals surface area contributed by atoms with E-state index in [0.29, 0.717) is 12.6 Å². The third-order valence-electron chi connectivity index (χ3n) is 3.14. The highest BCUT2D eigenvalue weighted by molar-refractivity contribution is 7.10. The third kappa shape index (κ3) is 3.98. The molecule has 0 aliphatic heterocycles. The number of nitrogens with zero attached hydrogens (tertiary/aromatic N) is 1. The summed E-state index contributed by atoms with van der Waals surface area (Å²) in [5, 5.41) is 13.6. The maximum absolute atomic E-state index is 11.9. The van der Waals surface area contributed by atoms with Crippen molar-refractivity contribution in [2.45, 2.75) is 31.8 Å². The van der Waals surface area contributed by atoms with Gasteiger partial charge in [-0.15, -0.1) is 11.3 Å². The van der Waals surface area contributed by atoms with Crippen LogP contribution in [0.4, 0.5) is 4.79 Å². The molecule has 0 unspecified atom stereocenters. The van der Waals surface area contributed by atoms with E-state index in [1.54, 1.807) is 11.9 Å². The Balaban J connectivity index is 1.85. The van der Waals surface area contributed by atoms with Crippen LogP contribution in [0.2, 0.25) is 0 Å². The third-order valence-corrected chi connectivity index (χ3v) is 4.04. The number of carbonyl (C=O) groups excluding carboxylic acids is 1. The lowest BCUT2D eigenvalue weighted by atomic mass is 9.93. The molecule has 0 radical (unpaired) electrons. The molecule has 1 aromatic rings. The van der Waals surface area contributed by atoms with Crippen molar-refractivity contribution >= 4 is 17.4 Å². The molecule has 0 aromatic carbocycles. The van der Waals surface area contributed by atoms with Gasteiger partial charge in [-0.25, -0.2) is 4.79 Å². The normalized spacial score (nSPS) is 14.2. The summed E-state index contributed by atoms with van der Waals surface area (Å²) in [6.07, 6.45) is 3.41. The van der Waals surface area contributed by atoms with E-state index in [-0.39, 0.29) is 12.6 Å². The molecule has 1 heterocycles. The highest BCUT2D eigenvalue weighted by atomic mass is 32.1. The fourth-order valence-corrected chi connectivity index (χ4v) is 2.61. The molecule has 0 atom stereocenters. The maximum Gasteiger partial charge on any atom is 0.317 e. The minimum absolute atomic E-state index is 0.0149. The van der Waals surface area contributed by atoms with Crippen molar-refractivity contribution < 1.29 is 9.90 Å². The lowest BCUT2D eigenvalue weighted by Gasteiger charge is -2.29. The van der Waals surface area contributed by atoms with Crippen LogP contribution in [0.1, 0.15) is 29.7 Å². The lowest BCUT2D eigenvalue weighted by Crippen LogP contribution is -2.45. The van der Waals surface area contributed by atoms with E-state index in [9.17, 15) is 4.79 Å². The van der Waals surface area contributed by atoms with Crippen LogP contribution in [-0.2, 0) is 6.54 Å². The van der Waals surface area contributed by atoms with Crippen LogP contribution in [0.25, 0.3) is 0 Å². The van der Waals surface area contributed by atoms with Crippen LogP contribution in [-0.4, -0.2) is 35.7 Å². The molecule has 0 saturated heterocycles. The first kappa shape index (κ1) is 13.9. The molecule has 1 fully saturated rings. The van der Waals surface area contributed by atoms with Crippen LogP contribution < -0.4 is 5.32 Å². The summed E-state index contributed by atoms with van der Waals surface area (Å²) >= 11 is 1.53. The van der Waals surface area contributed by atoms with Gasteiger partial charge < -0.3 is 15.3 Å². The average Bonchev–Trinajstić information content (AvgIpc) is 2.78. The van der Waals surface area contributed by atoms with Gasteiger partial charge >= 0.3 is 6.03 Å². The lowest BCUT2D eigenvalue weighted by molar-refractivity contribution is 0.195. The quantitative estimate of drug-likeness (QED) is 0.828. The standard InChI is InChI=1S/C14H18N2O2S/c1-16(14(18)15-12-4-2-5-12)9-11-8-13(19-10-11)6-3-7-17/h8,10,12,17H,2,4-5,7,9H2,1H3,(H,15,18). The zero-order valence-corrected chi connectivity index (χ0v) is 11.8. The topological polar surface area (TPSA) is 52.6 Å². The Morgan fingerprint density at radius 3 is 3.05 bits per heavy atom. The number of thiophene rings is 1. The summed E-state index contributed by atoms with van der Waals surface area (Å²) in [5.74, 6) is 5.49. The number of aliphatic hydroxyl groups is 1. The summed E-state index contributed by atoms with van der Waals surface area (Å²) in [4.78, 5) is 14.5. The van der Waals surface area contributed by atoms with E-state index in [2.05, 4.69) is 17.2 Å². The van der Waals surface area contributed by atoms with Crippen LogP contribution in [0.15, 0.2) is 11.4 Å². The molecule has 19 heavy (non-hydrogen) atoms. The Kier molecular flexibility index (Phi) is 4.83. The smallest absolute Gasteiger partial charge is 0.317 e. The van der Waals surface area contributed by atoms with Gasteiger partial charge in [0.25, 0.3) is 0 Å². The Morgan fingerprint density at radius 1 is 1.63 bits per heavy atom. The van der Waals surface area contributed by atoms with Gasteiger partial charge in [0.05, 0.1) is 4.88 Å². The van der Waals surface area contributed by atoms with E-state index in [1.165, 1.54) is 17.8 Å². The molecule has 5 heteroatoms. The molecule has 2 amide bonds. The molecule has 102 valence electrons. The molecule has 4 nitrogen and oxygen atoms in total. The zero-order chi connectivity index (χ0) is 13.7. The second kappa shape index (κ2) is 6.60. The summed E-state index contributed by atoms with van der Waals surface area (Å²) < 4.78 is 0. The van der Waals surface area contributed by atoms with E-state index in [1.807, 2.05) is 11.4 Å². The Bertz CT molecular complexity index is 497. The summed E-state index contributed by atoms with van der Waals surface area (Å²) in [5.41, 5.74) is 1.07. The molecular formula is C14H18N2O2S. The predicted molar refractivity (Wildman–Crippen MR) is 75.9 cm³/mol. The van der Waals surface area contributed by atoms with E-state index < -0.39 is 0 Å². The van der Waals surface area contributed by atoms with Crippen molar-refractivity contribution in [3.63, 3.8) is 0 Å². The summed E-state index contributed by atoms with van der Waals surface area (Å²) in [6, 6.07) is 2.31. The fraction of sp³-hybridized carbons (Fsp3) is 0.500. The van der Waals surface area contributed by atoms with Gasteiger partial charge in [0.15, 0.2) is 0 Å². The number of carbonyl (C=O) groups is 1. The summed E-state index contributed by atoms with van der Waals surface area (Å²) in [6.45, 7) is 0.451. The predicted octanol–water partition coefficient (Wildman–Crippen LogP) is 1.79. The second-order valence-corrected chi connectivity index (χ2v) is 5.62. The first-order valence-corrected chi connectivity index (χ1v) is 7.26. The van der Waals surface area contributed by atoms with Crippen molar-refractivity contribution in [2.75, 3.05) is 13.7 Å². The minimum atomic E-state index is -0.128. The largest absolute Gasteiger partial charge is 0.384 e. The Hall–Kier alpha value is -1.51. The van der Waals surface area contributed by atoms with Gasteiger partial charge in [0.1, 0.15) is 6.61 Å². The maximum atomic E-state index is 11.9. The average molecular weight is 278 g/mol. The van der Waals surface area contributed by atoms with Crippen LogP contribution in [0.3, 0.4) is 0 Å². The Morgan fingerprint density at radius 2 is 2.42 bits per heavy atom. The summed E-state index contributed by atoms with van der Waals surface area (Å²) in [7, 11) is 1.80. The number of hydrogen-bond acceptors (Lipinski definition) is 3. The van der Waals surface area contributed by atoms with Crippen LogP contribution in [0.5, 0.6) is 0 Å². The molecule has 0 spiro atoms. The molecule has 2 N–H and O–H groups in total. The first-order chi connectivity index (χ1) is 9.19. The van der Waals surface area contributed by atoms with Crippen LogP contribution in [0, 0.1) is 11.8 Å². The van der Waals surface area contributed by atoms with Gasteiger partial charge in [0, 0.05) is 19.6 Å². The van der Waals surface area contributed by atoms with Crippen molar-refractivity contribution in [1.82, 2.24) is 10.2 Å². The molecule has 0 bridgehead atoms. The van der Waals surface area contributed by atoms with Crippen molar-refractivity contribution in [1.29, 1.82) is 0 Å². The molecule has 2 rings (SSSR count).